The molecule has 1 aromatic carbocycles. The van der Waals surface area contributed by atoms with Crippen LogP contribution in [-0.2, 0) is 16.1 Å². The molecule has 0 atom stereocenters. The Bertz CT molecular complexity index is 1080. The maximum absolute atomic E-state index is 12.9. The molecule has 0 fully saturated rings. The van der Waals surface area contributed by atoms with Crippen molar-refractivity contribution in [1.82, 2.24) is 9.55 Å². The highest BCUT2D eigenvalue weighted by Crippen LogP contribution is 2.23. The molecule has 0 aliphatic carbocycles. The molecule has 0 aliphatic rings. The van der Waals surface area contributed by atoms with Gasteiger partial charge in [0.15, 0.2) is 12.3 Å². The molecule has 0 radical (unpaired) electrons. The number of unbranched alkanes of at least 4 members (excludes halogenated alkanes) is 1. The van der Waals surface area contributed by atoms with Gasteiger partial charge in [-0.05, 0) is 31.0 Å². The van der Waals surface area contributed by atoms with E-state index >= 15 is 0 Å². The largest absolute Gasteiger partial charge is 0.507 e. The first-order valence-electron chi connectivity index (χ1n) is 9.79. The van der Waals surface area contributed by atoms with Crippen LogP contribution in [0, 0.1) is 0 Å². The minimum atomic E-state index is -0.957. The maximum atomic E-state index is 12.9. The van der Waals surface area contributed by atoms with Crippen LogP contribution in [0.25, 0.3) is 0 Å². The van der Waals surface area contributed by atoms with Gasteiger partial charge in [-0.15, -0.1) is 0 Å². The van der Waals surface area contributed by atoms with Crippen LogP contribution in [0.15, 0.2) is 27.8 Å². The lowest BCUT2D eigenvalue weighted by Gasteiger charge is -2.24. The maximum Gasteiger partial charge on any atom is 0.342 e. The Morgan fingerprint density at radius 3 is 2.61 bits per heavy atom. The third-order valence-corrected chi connectivity index (χ3v) is 4.71. The third-order valence-electron chi connectivity index (χ3n) is 4.47. The lowest BCUT2D eigenvalue weighted by molar-refractivity contribution is -0.121. The molecule has 0 spiro atoms. The first kappa shape index (κ1) is 24.0. The second kappa shape index (κ2) is 10.7. The molecule has 2 rings (SSSR count). The minimum absolute atomic E-state index is 0.132. The van der Waals surface area contributed by atoms with E-state index in [0.717, 1.165) is 4.90 Å². The fourth-order valence-electron chi connectivity index (χ4n) is 2.92. The van der Waals surface area contributed by atoms with Crippen LogP contribution in [0.2, 0.25) is 5.02 Å². The van der Waals surface area contributed by atoms with Crippen LogP contribution >= 0.6 is 11.6 Å². The molecule has 1 amide bonds. The lowest BCUT2D eigenvalue weighted by Crippen LogP contribution is -2.43. The lowest BCUT2D eigenvalue weighted by atomic mass is 10.2. The Balaban J connectivity index is 2.32. The number of phenolic OH excluding ortho intramolecular Hbond substituents is 1. The van der Waals surface area contributed by atoms with Gasteiger partial charge in [0.05, 0.1) is 0 Å². The molecule has 0 bridgehead atoms. The number of carbonyl (C=O) groups excluding carboxylic acids is 2. The van der Waals surface area contributed by atoms with Gasteiger partial charge in [-0.1, -0.05) is 31.9 Å². The van der Waals surface area contributed by atoms with Crippen molar-refractivity contribution in [2.24, 2.45) is 0 Å². The summed E-state index contributed by atoms with van der Waals surface area (Å²) in [6.45, 7) is 3.41. The fourth-order valence-corrected chi connectivity index (χ4v) is 3.09. The number of anilines is 2. The van der Waals surface area contributed by atoms with Gasteiger partial charge in [-0.25, -0.2) is 9.59 Å². The predicted molar refractivity (Wildman–Crippen MR) is 117 cm³/mol. The number of nitrogens with two attached hydrogens (primary N) is 1. The number of aromatic hydroxyl groups is 1. The second-order valence-corrected chi connectivity index (χ2v) is 7.22. The summed E-state index contributed by atoms with van der Waals surface area (Å²) in [5.41, 5.74) is 4.21. The predicted octanol–water partition coefficient (Wildman–Crippen LogP) is 1.88. The summed E-state index contributed by atoms with van der Waals surface area (Å²) < 4.78 is 6.20. The van der Waals surface area contributed by atoms with Crippen molar-refractivity contribution in [1.29, 1.82) is 0 Å². The van der Waals surface area contributed by atoms with Crippen molar-refractivity contribution >= 4 is 35.0 Å². The Hall–Kier alpha value is -3.27. The number of esters is 1. The molecule has 0 aliphatic heterocycles. The van der Waals surface area contributed by atoms with Crippen LogP contribution in [0.1, 0.15) is 43.5 Å². The number of hydrogen-bond donors (Lipinski definition) is 3. The van der Waals surface area contributed by atoms with Crippen molar-refractivity contribution in [3.8, 4) is 5.75 Å². The summed E-state index contributed by atoms with van der Waals surface area (Å²) in [6.07, 6.45) is 1.84. The van der Waals surface area contributed by atoms with E-state index in [1.807, 2.05) is 13.8 Å². The first-order valence-corrected chi connectivity index (χ1v) is 10.2. The molecule has 1 heterocycles. The molecular formula is C20H25ClN4O6. The number of aromatic amines is 1. The van der Waals surface area contributed by atoms with E-state index in [1.165, 1.54) is 22.8 Å². The summed E-state index contributed by atoms with van der Waals surface area (Å²) in [5, 5.41) is 10.0. The first-order chi connectivity index (χ1) is 14.7. The van der Waals surface area contributed by atoms with Gasteiger partial charge in [-0.2, -0.15) is 0 Å². The zero-order valence-electron chi connectivity index (χ0n) is 17.3. The highest BCUT2D eigenvalue weighted by atomic mass is 35.5. The third kappa shape index (κ3) is 5.66. The van der Waals surface area contributed by atoms with E-state index in [4.69, 9.17) is 22.1 Å². The van der Waals surface area contributed by atoms with E-state index in [1.54, 1.807) is 0 Å². The molecule has 11 heteroatoms. The average Bonchev–Trinajstić information content (AvgIpc) is 2.73. The van der Waals surface area contributed by atoms with E-state index in [-0.39, 0.29) is 40.9 Å². The van der Waals surface area contributed by atoms with E-state index in [2.05, 4.69) is 4.98 Å². The highest BCUT2D eigenvalue weighted by Gasteiger charge is 2.25. The standard InChI is InChI=1S/C20H25ClN4O6/c1-3-5-9-24(16-17(22)25(8-4-2)20(30)23-18(16)28)15(27)11-31-19(29)13-10-12(21)6-7-14(13)26/h6-7,10,26H,3-5,8-9,11,22H2,1-2H3,(H,23,28,30). The van der Waals surface area contributed by atoms with Crippen LogP contribution in [-0.4, -0.2) is 39.7 Å². The average molecular weight is 453 g/mol. The molecular weight excluding hydrogens is 428 g/mol. The quantitative estimate of drug-likeness (QED) is 0.492. The smallest absolute Gasteiger partial charge is 0.342 e. The Morgan fingerprint density at radius 1 is 1.26 bits per heavy atom. The molecule has 31 heavy (non-hydrogen) atoms. The Kier molecular flexibility index (Phi) is 8.26. The molecule has 0 unspecified atom stereocenters. The normalized spacial score (nSPS) is 10.7. The van der Waals surface area contributed by atoms with E-state index in [9.17, 15) is 24.3 Å². The Labute approximate surface area is 183 Å². The monoisotopic (exact) mass is 452 g/mol. The van der Waals surface area contributed by atoms with Crippen molar-refractivity contribution < 1.29 is 19.4 Å². The number of benzene rings is 1. The highest BCUT2D eigenvalue weighted by molar-refractivity contribution is 6.31. The number of amides is 1. The molecule has 0 saturated carbocycles. The van der Waals surface area contributed by atoms with Gasteiger partial charge in [0.25, 0.3) is 11.5 Å². The summed E-state index contributed by atoms with van der Waals surface area (Å²) in [5.74, 6) is -2.15. The van der Waals surface area contributed by atoms with Crippen molar-refractivity contribution in [2.75, 3.05) is 23.8 Å². The number of ether oxygens (including phenoxy) is 1. The van der Waals surface area contributed by atoms with Gasteiger partial charge in [0, 0.05) is 18.1 Å². The number of H-pyrrole nitrogens is 1. The number of hydrogen-bond acceptors (Lipinski definition) is 7. The van der Waals surface area contributed by atoms with E-state index < -0.39 is 29.7 Å². The van der Waals surface area contributed by atoms with Crippen LogP contribution in [0.5, 0.6) is 5.75 Å². The van der Waals surface area contributed by atoms with Gasteiger partial charge in [0.1, 0.15) is 17.1 Å². The SMILES string of the molecule is CCCCN(C(=O)COC(=O)c1cc(Cl)ccc1O)c1c(N)n(CCC)c(=O)[nH]c1=O. The Morgan fingerprint density at radius 2 is 1.97 bits per heavy atom. The van der Waals surface area contributed by atoms with Crippen molar-refractivity contribution in [2.45, 2.75) is 39.7 Å². The molecule has 2 aromatic rings. The van der Waals surface area contributed by atoms with Crippen LogP contribution in [0.4, 0.5) is 11.5 Å². The fraction of sp³-hybridized carbons (Fsp3) is 0.400. The molecule has 10 nitrogen and oxygen atoms in total. The summed E-state index contributed by atoms with van der Waals surface area (Å²) >= 11 is 5.83. The van der Waals surface area contributed by atoms with Crippen molar-refractivity contribution in [3.63, 3.8) is 0 Å². The van der Waals surface area contributed by atoms with Gasteiger partial charge < -0.3 is 20.5 Å². The topological polar surface area (TPSA) is 148 Å². The van der Waals surface area contributed by atoms with Crippen LogP contribution < -0.4 is 21.9 Å². The van der Waals surface area contributed by atoms with Gasteiger partial charge >= 0.3 is 11.7 Å². The van der Waals surface area contributed by atoms with E-state index in [0.29, 0.717) is 19.3 Å². The minimum Gasteiger partial charge on any atom is -0.507 e. The number of nitrogens with one attached hydrogen (secondary N) is 1. The second-order valence-electron chi connectivity index (χ2n) is 6.78. The molecule has 4 N–H and O–H groups in total. The number of nitrogen functional groups attached to an aromatic ring is 1. The number of nitrogens with zero attached hydrogens (tertiary/aromatic N) is 2. The van der Waals surface area contributed by atoms with Crippen LogP contribution in [0.3, 0.4) is 0 Å². The zero-order valence-corrected chi connectivity index (χ0v) is 18.1. The number of aromatic nitrogens is 2. The number of rotatable bonds is 9. The number of phenols is 1. The van der Waals surface area contributed by atoms with Crippen molar-refractivity contribution in [3.05, 3.63) is 49.6 Å². The number of carbonyl (C=O) groups is 2. The van der Waals surface area contributed by atoms with Gasteiger partial charge in [0.2, 0.25) is 0 Å². The molecule has 168 valence electrons. The summed E-state index contributed by atoms with van der Waals surface area (Å²) in [7, 11) is 0. The molecule has 0 saturated heterocycles. The summed E-state index contributed by atoms with van der Waals surface area (Å²) in [4.78, 5) is 52.9. The van der Waals surface area contributed by atoms with Gasteiger partial charge in [-0.3, -0.25) is 19.1 Å². The zero-order chi connectivity index (χ0) is 23.1. The number of halogens is 1. The molecule has 1 aromatic heterocycles. The summed E-state index contributed by atoms with van der Waals surface area (Å²) in [6, 6.07) is 3.83.